The van der Waals surface area contributed by atoms with Gasteiger partial charge in [0.15, 0.2) is 11.6 Å². The van der Waals surface area contributed by atoms with Gasteiger partial charge in [-0.25, -0.2) is 8.78 Å². The second-order valence-corrected chi connectivity index (χ2v) is 9.87. The maximum Gasteiger partial charge on any atom is 0.301 e. The fraction of sp³-hybridized carbons (Fsp3) is 0.278. The highest BCUT2D eigenvalue weighted by atomic mass is 127. The summed E-state index contributed by atoms with van der Waals surface area (Å²) in [4.78, 5) is 13.0. The Labute approximate surface area is 191 Å². The molecule has 7 nitrogen and oxygen atoms in total. The van der Waals surface area contributed by atoms with Crippen molar-refractivity contribution in [2.24, 2.45) is 0 Å². The third-order valence-electron chi connectivity index (χ3n) is 4.55. The van der Waals surface area contributed by atoms with Crippen LogP contribution in [0, 0.1) is 15.2 Å². The molecule has 1 aliphatic rings. The van der Waals surface area contributed by atoms with Crippen LogP contribution < -0.4 is 10.0 Å². The predicted octanol–water partition coefficient (Wildman–Crippen LogP) is 3.79. The summed E-state index contributed by atoms with van der Waals surface area (Å²) >= 11 is 8.21. The number of amides is 1. The van der Waals surface area contributed by atoms with Crippen LogP contribution >= 0.6 is 34.2 Å². The van der Waals surface area contributed by atoms with Gasteiger partial charge in [-0.05, 0) is 52.9 Å². The van der Waals surface area contributed by atoms with Crippen molar-refractivity contribution in [2.75, 3.05) is 36.2 Å². The molecule has 162 valence electrons. The quantitative estimate of drug-likeness (QED) is 0.536. The van der Waals surface area contributed by atoms with E-state index in [0.29, 0.717) is 0 Å². The van der Waals surface area contributed by atoms with Gasteiger partial charge >= 0.3 is 10.2 Å². The first-order valence-corrected chi connectivity index (χ1v) is 11.7. The van der Waals surface area contributed by atoms with Crippen molar-refractivity contribution >= 4 is 67.4 Å². The summed E-state index contributed by atoms with van der Waals surface area (Å²) in [7, 11) is -4.06. The van der Waals surface area contributed by atoms with E-state index < -0.39 is 21.8 Å². The van der Waals surface area contributed by atoms with Crippen LogP contribution in [0.2, 0.25) is 5.02 Å². The largest absolute Gasteiger partial charge is 0.350 e. The molecule has 1 fully saturated rings. The van der Waals surface area contributed by atoms with Gasteiger partial charge in [0.05, 0.1) is 16.4 Å². The lowest BCUT2D eigenvalue weighted by atomic mass is 10.2. The maximum atomic E-state index is 14.5. The number of carbonyl (C=O) groups excluding carboxylic acids is 1. The van der Waals surface area contributed by atoms with E-state index in [1.807, 2.05) is 0 Å². The van der Waals surface area contributed by atoms with E-state index in [9.17, 15) is 22.0 Å². The first kappa shape index (κ1) is 23.0. The second kappa shape index (κ2) is 9.20. The number of hydrogen-bond donors (Lipinski definition) is 2. The summed E-state index contributed by atoms with van der Waals surface area (Å²) in [6.45, 7) is 2.08. The second-order valence-electron chi connectivity index (χ2n) is 6.55. The molecule has 1 heterocycles. The van der Waals surface area contributed by atoms with Crippen molar-refractivity contribution in [2.45, 2.75) is 6.92 Å². The van der Waals surface area contributed by atoms with Crippen LogP contribution in [0.1, 0.15) is 6.92 Å². The monoisotopic (exact) mass is 570 g/mol. The summed E-state index contributed by atoms with van der Waals surface area (Å²) in [5.74, 6) is -2.52. The van der Waals surface area contributed by atoms with Crippen LogP contribution in [0.4, 0.5) is 25.8 Å². The molecule has 2 aromatic rings. The Kier molecular flexibility index (Phi) is 7.05. The Morgan fingerprint density at radius 2 is 1.73 bits per heavy atom. The van der Waals surface area contributed by atoms with Gasteiger partial charge in [-0.1, -0.05) is 11.6 Å². The lowest BCUT2D eigenvalue weighted by Crippen LogP contribution is -2.51. The molecule has 0 unspecified atom stereocenters. The third kappa shape index (κ3) is 5.13. The molecule has 0 bridgehead atoms. The van der Waals surface area contributed by atoms with Crippen LogP contribution in [0.3, 0.4) is 0 Å². The van der Waals surface area contributed by atoms with Gasteiger partial charge in [0, 0.05) is 36.7 Å². The molecular formula is C18H18ClF2IN4O3S. The summed E-state index contributed by atoms with van der Waals surface area (Å²) < 4.78 is 58.3. The summed E-state index contributed by atoms with van der Waals surface area (Å²) in [6.07, 6.45) is 0. The molecule has 2 N–H and O–H groups in total. The van der Waals surface area contributed by atoms with Crippen molar-refractivity contribution in [3.63, 3.8) is 0 Å². The highest BCUT2D eigenvalue weighted by Gasteiger charge is 2.29. The van der Waals surface area contributed by atoms with Gasteiger partial charge in [-0.3, -0.25) is 9.52 Å². The first-order valence-electron chi connectivity index (χ1n) is 8.82. The summed E-state index contributed by atoms with van der Waals surface area (Å²) in [6, 6.07) is 6.88. The van der Waals surface area contributed by atoms with Crippen LogP contribution in [-0.4, -0.2) is 49.7 Å². The van der Waals surface area contributed by atoms with Gasteiger partial charge in [-0.15, -0.1) is 0 Å². The average Bonchev–Trinajstić information content (AvgIpc) is 2.69. The number of piperazine rings is 1. The number of hydrogen-bond acceptors (Lipinski definition) is 4. The molecular weight excluding hydrogens is 553 g/mol. The normalized spacial score (nSPS) is 15.2. The number of anilines is 3. The zero-order valence-electron chi connectivity index (χ0n) is 15.8. The van der Waals surface area contributed by atoms with Crippen molar-refractivity contribution in [1.82, 2.24) is 9.21 Å². The molecule has 1 saturated heterocycles. The van der Waals surface area contributed by atoms with Gasteiger partial charge < -0.3 is 10.2 Å². The highest BCUT2D eigenvalue weighted by Crippen LogP contribution is 2.34. The number of nitrogens with one attached hydrogen (secondary N) is 2. The molecule has 12 heteroatoms. The van der Waals surface area contributed by atoms with E-state index >= 15 is 0 Å². The molecule has 0 aromatic heterocycles. The summed E-state index contributed by atoms with van der Waals surface area (Å²) in [5.41, 5.74) is -0.265. The fourth-order valence-corrected chi connectivity index (χ4v) is 5.05. The molecule has 30 heavy (non-hydrogen) atoms. The van der Waals surface area contributed by atoms with Crippen LogP contribution in [0.25, 0.3) is 0 Å². The van der Waals surface area contributed by atoms with Crippen molar-refractivity contribution in [3.05, 3.63) is 50.6 Å². The van der Waals surface area contributed by atoms with E-state index in [-0.39, 0.29) is 54.2 Å². The SMILES string of the molecule is CC(=O)N1CCN(S(=O)(=O)Nc2ccc(F)c(F)c2Nc2ccc(I)cc2Cl)CC1. The number of benzene rings is 2. The van der Waals surface area contributed by atoms with Crippen molar-refractivity contribution in [1.29, 1.82) is 0 Å². The van der Waals surface area contributed by atoms with E-state index in [1.54, 1.807) is 18.2 Å². The zero-order chi connectivity index (χ0) is 22.1. The molecule has 2 aromatic carbocycles. The van der Waals surface area contributed by atoms with Crippen molar-refractivity contribution in [3.8, 4) is 0 Å². The minimum Gasteiger partial charge on any atom is -0.350 e. The maximum absolute atomic E-state index is 14.5. The van der Waals surface area contributed by atoms with Crippen molar-refractivity contribution < 1.29 is 22.0 Å². The Balaban J connectivity index is 1.87. The molecule has 0 spiro atoms. The fourth-order valence-electron chi connectivity index (χ4n) is 2.93. The molecule has 3 rings (SSSR count). The van der Waals surface area contributed by atoms with Crippen LogP contribution in [0.5, 0.6) is 0 Å². The Morgan fingerprint density at radius 3 is 2.33 bits per heavy atom. The minimum atomic E-state index is -4.06. The zero-order valence-corrected chi connectivity index (χ0v) is 19.5. The molecule has 0 atom stereocenters. The number of carbonyl (C=O) groups is 1. The predicted molar refractivity (Wildman–Crippen MR) is 120 cm³/mol. The van der Waals surface area contributed by atoms with E-state index in [0.717, 1.165) is 20.0 Å². The van der Waals surface area contributed by atoms with Gasteiger partial charge in [-0.2, -0.15) is 12.7 Å². The van der Waals surface area contributed by atoms with Gasteiger partial charge in [0.1, 0.15) is 5.69 Å². The molecule has 1 amide bonds. The lowest BCUT2D eigenvalue weighted by Gasteiger charge is -2.33. The average molecular weight is 571 g/mol. The standard InChI is InChI=1S/C18H18ClF2IN4O3S/c1-11(27)25-6-8-26(9-7-25)30(28,29)24-16-5-3-14(20)17(21)18(16)23-15-4-2-12(22)10-13(15)19/h2-5,10,23-24H,6-9H2,1H3. The smallest absolute Gasteiger partial charge is 0.301 e. The number of halogens is 4. The minimum absolute atomic E-state index is 0.0876. The Bertz CT molecular complexity index is 1080. The van der Waals surface area contributed by atoms with E-state index in [4.69, 9.17) is 11.6 Å². The number of nitrogens with zero attached hydrogens (tertiary/aromatic N) is 2. The summed E-state index contributed by atoms with van der Waals surface area (Å²) in [5, 5.41) is 2.94. The van der Waals surface area contributed by atoms with Gasteiger partial charge in [0.25, 0.3) is 0 Å². The molecule has 0 aliphatic carbocycles. The third-order valence-corrected chi connectivity index (χ3v) is 7.06. The number of rotatable bonds is 5. The topological polar surface area (TPSA) is 81.8 Å². The molecule has 1 aliphatic heterocycles. The van der Waals surface area contributed by atoms with E-state index in [2.05, 4.69) is 32.6 Å². The van der Waals surface area contributed by atoms with Gasteiger partial charge in [0.2, 0.25) is 5.91 Å². The lowest BCUT2D eigenvalue weighted by molar-refractivity contribution is -0.129. The Hall–Kier alpha value is -1.70. The van der Waals surface area contributed by atoms with Crippen LogP contribution in [-0.2, 0) is 15.0 Å². The van der Waals surface area contributed by atoms with Crippen LogP contribution in [0.15, 0.2) is 30.3 Å². The Morgan fingerprint density at radius 1 is 1.10 bits per heavy atom. The molecule has 0 radical (unpaired) electrons. The van der Waals surface area contributed by atoms with E-state index in [1.165, 1.54) is 11.8 Å². The highest BCUT2D eigenvalue weighted by molar-refractivity contribution is 14.1. The first-order chi connectivity index (χ1) is 14.1. The molecule has 0 saturated carbocycles.